The minimum atomic E-state index is -0.546. The van der Waals surface area contributed by atoms with Crippen molar-refractivity contribution in [3.05, 3.63) is 47.0 Å². The Morgan fingerprint density at radius 2 is 1.90 bits per heavy atom. The molecule has 2 amide bonds. The van der Waals surface area contributed by atoms with Gasteiger partial charge in [0.15, 0.2) is 5.71 Å². The monoisotopic (exact) mass is 405 g/mol. The van der Waals surface area contributed by atoms with Gasteiger partial charge >= 0.3 is 5.97 Å². The third kappa shape index (κ3) is 2.92. The molecule has 0 saturated heterocycles. The summed E-state index contributed by atoms with van der Waals surface area (Å²) in [5, 5.41) is 9.16. The molecule has 2 aromatic rings. The molecule has 2 aliphatic heterocycles. The van der Waals surface area contributed by atoms with Gasteiger partial charge in [-0.3, -0.25) is 9.59 Å². The number of hydrogen-bond acceptors (Lipinski definition) is 6. The van der Waals surface area contributed by atoms with Crippen LogP contribution in [0.1, 0.15) is 36.0 Å². The highest BCUT2D eigenvalue weighted by atomic mass is 16.7. The predicted octanol–water partition coefficient (Wildman–Crippen LogP) is 3.32. The number of carbonyl (C=O) groups excluding carboxylic acids is 3. The second-order valence-electron chi connectivity index (χ2n) is 7.92. The van der Waals surface area contributed by atoms with Crippen LogP contribution in [0.3, 0.4) is 0 Å². The number of oxime groups is 1. The van der Waals surface area contributed by atoms with Gasteiger partial charge in [0, 0.05) is 11.4 Å². The van der Waals surface area contributed by atoms with Crippen molar-refractivity contribution >= 4 is 34.9 Å². The first kappa shape index (κ1) is 18.4. The molecule has 2 aromatic carbocycles. The maximum absolute atomic E-state index is 12.2. The minimum Gasteiger partial charge on any atom is -0.457 e. The summed E-state index contributed by atoms with van der Waals surface area (Å²) >= 11 is 0. The molecule has 5 rings (SSSR count). The molecule has 1 fully saturated rings. The van der Waals surface area contributed by atoms with Gasteiger partial charge in [-0.25, -0.2) is 4.79 Å². The summed E-state index contributed by atoms with van der Waals surface area (Å²) in [4.78, 5) is 40.0. The van der Waals surface area contributed by atoms with Gasteiger partial charge in [0.2, 0.25) is 5.91 Å². The average Bonchev–Trinajstić information content (AvgIpc) is 3.32. The molecule has 8 nitrogen and oxygen atoms in total. The number of nitrogens with zero attached hydrogens (tertiary/aromatic N) is 1. The summed E-state index contributed by atoms with van der Waals surface area (Å²) in [6.45, 7) is 3.77. The van der Waals surface area contributed by atoms with Crippen molar-refractivity contribution in [2.24, 2.45) is 5.16 Å². The van der Waals surface area contributed by atoms with Crippen molar-refractivity contribution in [3.63, 3.8) is 0 Å². The largest absolute Gasteiger partial charge is 0.457 e. The van der Waals surface area contributed by atoms with E-state index in [1.165, 1.54) is 0 Å². The van der Waals surface area contributed by atoms with E-state index in [-0.39, 0.29) is 23.5 Å². The lowest BCUT2D eigenvalue weighted by Gasteiger charge is -2.15. The summed E-state index contributed by atoms with van der Waals surface area (Å²) < 4.78 is 6.16. The average molecular weight is 405 g/mol. The Labute approximate surface area is 172 Å². The first-order valence-electron chi connectivity index (χ1n) is 9.69. The van der Waals surface area contributed by atoms with E-state index in [2.05, 4.69) is 20.6 Å². The number of rotatable bonds is 4. The number of hydrogen-bond donors (Lipinski definition) is 2. The molecule has 30 heavy (non-hydrogen) atoms. The molecular formula is C22H19N3O5. The van der Waals surface area contributed by atoms with Gasteiger partial charge in [-0.15, -0.1) is 0 Å². The molecule has 1 spiro atoms. The van der Waals surface area contributed by atoms with E-state index in [0.29, 0.717) is 17.2 Å². The first-order chi connectivity index (χ1) is 14.4. The van der Waals surface area contributed by atoms with Crippen LogP contribution in [0.5, 0.6) is 11.5 Å². The van der Waals surface area contributed by atoms with Gasteiger partial charge in [0.1, 0.15) is 11.5 Å². The van der Waals surface area contributed by atoms with Crippen LogP contribution in [0.4, 0.5) is 11.4 Å². The van der Waals surface area contributed by atoms with Crippen LogP contribution in [-0.4, -0.2) is 23.5 Å². The van der Waals surface area contributed by atoms with E-state index in [0.717, 1.165) is 35.2 Å². The van der Waals surface area contributed by atoms with Crippen LogP contribution in [0.25, 0.3) is 0 Å². The Bertz CT molecular complexity index is 1140. The third-order valence-electron chi connectivity index (χ3n) is 5.71. The number of fused-ring (bicyclic) bond motifs is 2. The fourth-order valence-electron chi connectivity index (χ4n) is 4.01. The van der Waals surface area contributed by atoms with Crippen LogP contribution >= 0.6 is 0 Å². The lowest BCUT2D eigenvalue weighted by Crippen LogP contribution is -2.22. The van der Waals surface area contributed by atoms with Crippen LogP contribution in [0.15, 0.2) is 35.5 Å². The highest BCUT2D eigenvalue weighted by molar-refractivity contribution is 6.46. The van der Waals surface area contributed by atoms with Crippen LogP contribution in [0.2, 0.25) is 0 Å². The van der Waals surface area contributed by atoms with E-state index in [1.54, 1.807) is 12.1 Å². The summed E-state index contributed by atoms with van der Waals surface area (Å²) in [7, 11) is 0. The Hall–Kier alpha value is -3.68. The Morgan fingerprint density at radius 1 is 1.17 bits per heavy atom. The second kappa shape index (κ2) is 6.41. The summed E-state index contributed by atoms with van der Waals surface area (Å²) in [5.41, 5.74) is 3.77. The first-order valence-corrected chi connectivity index (χ1v) is 9.69. The highest BCUT2D eigenvalue weighted by Gasteiger charge is 2.56. The molecule has 1 aliphatic carbocycles. The zero-order valence-electron chi connectivity index (χ0n) is 16.5. The fraction of sp³-hybridized carbons (Fsp3) is 0.273. The predicted molar refractivity (Wildman–Crippen MR) is 109 cm³/mol. The topological polar surface area (TPSA) is 106 Å². The summed E-state index contributed by atoms with van der Waals surface area (Å²) in [6, 6.07) is 9.23. The number of carbonyl (C=O) groups is 3. The normalized spacial score (nSPS) is 17.9. The number of anilines is 2. The molecular weight excluding hydrogens is 386 g/mol. The standard InChI is InChI=1S/C22H19N3O5/c1-11-7-13(23-20(27)17-10-18(26)30-25-17)8-12(2)19(11)29-14-3-4-16-15(9-14)22(5-6-22)21(28)24-16/h3-4,7-9H,5-6,10H2,1-2H3,(H,23,27)(H,24,28). The molecule has 3 aliphatic rings. The zero-order chi connectivity index (χ0) is 21.0. The lowest BCUT2D eigenvalue weighted by molar-refractivity contribution is -0.140. The molecule has 152 valence electrons. The molecule has 0 aromatic heterocycles. The van der Waals surface area contributed by atoms with Crippen molar-refractivity contribution in [2.75, 3.05) is 10.6 Å². The van der Waals surface area contributed by atoms with Crippen molar-refractivity contribution < 1.29 is 24.0 Å². The molecule has 1 saturated carbocycles. The molecule has 0 radical (unpaired) electrons. The molecule has 8 heteroatoms. The molecule has 0 unspecified atom stereocenters. The second-order valence-corrected chi connectivity index (χ2v) is 7.92. The molecule has 0 bridgehead atoms. The van der Waals surface area contributed by atoms with Gasteiger partial charge in [0.25, 0.3) is 5.91 Å². The van der Waals surface area contributed by atoms with Crippen molar-refractivity contribution in [2.45, 2.75) is 38.5 Å². The molecule has 2 N–H and O–H groups in total. The van der Waals surface area contributed by atoms with Crippen molar-refractivity contribution in [1.29, 1.82) is 0 Å². The van der Waals surface area contributed by atoms with Gasteiger partial charge < -0.3 is 20.2 Å². The third-order valence-corrected chi connectivity index (χ3v) is 5.71. The number of benzene rings is 2. The molecule has 2 heterocycles. The van der Waals surface area contributed by atoms with E-state index >= 15 is 0 Å². The van der Waals surface area contributed by atoms with Gasteiger partial charge in [0.05, 0.1) is 11.8 Å². The minimum absolute atomic E-state index is 0.0472. The van der Waals surface area contributed by atoms with Crippen LogP contribution in [-0.2, 0) is 24.6 Å². The lowest BCUT2D eigenvalue weighted by atomic mass is 9.98. The fourth-order valence-corrected chi connectivity index (χ4v) is 4.01. The van der Waals surface area contributed by atoms with Gasteiger partial charge in [-0.2, -0.15) is 0 Å². The number of amides is 2. The van der Waals surface area contributed by atoms with Crippen LogP contribution in [0, 0.1) is 13.8 Å². The Kier molecular flexibility index (Phi) is 3.92. The Balaban J connectivity index is 1.36. The zero-order valence-corrected chi connectivity index (χ0v) is 16.5. The quantitative estimate of drug-likeness (QED) is 0.759. The smallest absolute Gasteiger partial charge is 0.341 e. The van der Waals surface area contributed by atoms with E-state index in [1.807, 2.05) is 32.0 Å². The highest BCUT2D eigenvalue weighted by Crippen LogP contribution is 2.56. The number of aryl methyl sites for hydroxylation is 2. The number of nitrogens with one attached hydrogen (secondary N) is 2. The van der Waals surface area contributed by atoms with Gasteiger partial charge in [-0.05, 0) is 73.7 Å². The number of ether oxygens (including phenoxy) is 1. The van der Waals surface area contributed by atoms with E-state index < -0.39 is 11.9 Å². The van der Waals surface area contributed by atoms with Crippen LogP contribution < -0.4 is 15.4 Å². The van der Waals surface area contributed by atoms with E-state index in [9.17, 15) is 14.4 Å². The summed E-state index contributed by atoms with van der Waals surface area (Å²) in [5.74, 6) is 0.401. The van der Waals surface area contributed by atoms with Crippen molar-refractivity contribution in [1.82, 2.24) is 0 Å². The SMILES string of the molecule is Cc1cc(NC(=O)C2=NOC(=O)C2)cc(C)c1Oc1ccc2c(c1)C1(CC1)C(=O)N2. The summed E-state index contributed by atoms with van der Waals surface area (Å²) in [6.07, 6.45) is 1.59. The maximum atomic E-state index is 12.2. The molecule has 0 atom stereocenters. The maximum Gasteiger partial charge on any atom is 0.341 e. The Morgan fingerprint density at radius 3 is 2.53 bits per heavy atom. The van der Waals surface area contributed by atoms with Crippen molar-refractivity contribution in [3.8, 4) is 11.5 Å². The van der Waals surface area contributed by atoms with Gasteiger partial charge in [-0.1, -0.05) is 5.16 Å². The van der Waals surface area contributed by atoms with E-state index in [4.69, 9.17) is 4.74 Å².